The summed E-state index contributed by atoms with van der Waals surface area (Å²) in [5.74, 6) is 0. The van der Waals surface area contributed by atoms with Crippen molar-refractivity contribution < 1.29 is 124 Å². The Morgan fingerprint density at radius 2 is 0.438 bits per heavy atom. The molecule has 16 heavy (non-hydrogen) atoms. The summed E-state index contributed by atoms with van der Waals surface area (Å²) in [5, 5.41) is 0. The Morgan fingerprint density at radius 1 is 0.438 bits per heavy atom. The largest absolute Gasteiger partial charge is 0.183 e. The molecule has 0 amide bonds. The van der Waals surface area contributed by atoms with E-state index in [1.807, 2.05) is 0 Å². The molecule has 3 N–H and O–H groups in total. The Bertz CT molecular complexity index is 91.3. The first-order valence-corrected chi connectivity index (χ1v) is 5.69. The molecule has 0 saturated heterocycles. The van der Waals surface area contributed by atoms with Gasteiger partial charge >= 0.3 is 0 Å². The second-order valence-corrected chi connectivity index (χ2v) is 3.56. The zero-order valence-electron chi connectivity index (χ0n) is 6.44. The number of hydrogen-bond acceptors (Lipinski definition) is 12. The van der Waals surface area contributed by atoms with Crippen LogP contribution in [0.3, 0.4) is 0 Å². The van der Waals surface area contributed by atoms with Gasteiger partial charge in [0.05, 0.1) is 44.7 Å². The molecule has 0 heterocycles. The monoisotopic (exact) mass is 466 g/mol. The van der Waals surface area contributed by atoms with Crippen molar-refractivity contribution in [1.29, 1.82) is 0 Å². The number of halogens is 3. The third kappa shape index (κ3) is 1250. The molecule has 108 valence electrons. The normalized spacial score (nSPS) is 11.2. The summed E-state index contributed by atoms with van der Waals surface area (Å²) in [7, 11) is -14.1. The molecule has 0 saturated carbocycles. The average molecular weight is 469 g/mol. The van der Waals surface area contributed by atoms with Gasteiger partial charge in [0.15, 0.2) is 0 Å². The molecule has 0 aromatic carbocycles. The van der Waals surface area contributed by atoms with Crippen LogP contribution in [0.4, 0.5) is 0 Å². The van der Waals surface area contributed by atoms with Gasteiger partial charge in [-0.3, -0.25) is 0 Å². The first-order chi connectivity index (χ1) is 6.00. The quantitative estimate of drug-likeness (QED) is 0.299. The van der Waals surface area contributed by atoms with E-state index in [-0.39, 0.29) is 37.3 Å². The summed E-state index contributed by atoms with van der Waals surface area (Å²) in [6, 6.07) is 0. The van der Waals surface area contributed by atoms with Crippen LogP contribution in [0.2, 0.25) is 0 Å². The van der Waals surface area contributed by atoms with Crippen LogP contribution in [-0.4, -0.2) is 14.0 Å². The minimum Gasteiger partial charge on any atom is -0.183 e. The molecule has 0 aliphatic carbocycles. The van der Waals surface area contributed by atoms with Crippen LogP contribution >= 0.6 is 0 Å². The van der Waals surface area contributed by atoms with Crippen LogP contribution in [0.5, 0.6) is 0 Å². The molecule has 16 heteroatoms. The van der Waals surface area contributed by atoms with E-state index in [1.165, 1.54) is 0 Å². The fourth-order valence-corrected chi connectivity index (χ4v) is 0. The predicted octanol–water partition coefficient (Wildman–Crippen LogP) is -12.4. The van der Waals surface area contributed by atoms with Crippen LogP contribution < -0.4 is 41.9 Å². The molecular weight excluding hydrogens is 466 g/mol. The van der Waals surface area contributed by atoms with Gasteiger partial charge in [0.25, 0.3) is 0 Å². The van der Waals surface area contributed by atoms with Crippen molar-refractivity contribution in [2.45, 2.75) is 0 Å². The van der Waals surface area contributed by atoms with Gasteiger partial charge in [-0.2, -0.15) is 41.9 Å². The van der Waals surface area contributed by atoms with E-state index >= 15 is 0 Å². The van der Waals surface area contributed by atoms with Crippen molar-refractivity contribution in [2.75, 3.05) is 0 Å². The fraction of sp³-hybridized carbons (Fsp3) is 0. The van der Waals surface area contributed by atoms with Gasteiger partial charge in [0, 0.05) is 37.3 Å². The molecule has 0 aromatic rings. The molecule has 0 aromatic heterocycles. The van der Waals surface area contributed by atoms with Gasteiger partial charge < -0.3 is 0 Å². The van der Waals surface area contributed by atoms with Gasteiger partial charge in [0.2, 0.25) is 0 Å². The maximum absolute atomic E-state index is 8.60. The summed E-state index contributed by atoms with van der Waals surface area (Å²) >= 11 is 0. The van der Waals surface area contributed by atoms with Crippen molar-refractivity contribution in [1.82, 2.24) is 0 Å². The van der Waals surface area contributed by atoms with Crippen LogP contribution in [0, 0.1) is 68.0 Å². The van der Waals surface area contributed by atoms with Crippen LogP contribution in [0.1, 0.15) is 0 Å². The first-order valence-electron chi connectivity index (χ1n) is 1.90. The molecule has 0 unspecified atom stereocenters. The van der Waals surface area contributed by atoms with Crippen LogP contribution in [-0.2, 0) is 0 Å². The molecule has 0 radical (unpaired) electrons. The zero-order chi connectivity index (χ0) is 13.5. The predicted molar refractivity (Wildman–Crippen MR) is 6.66 cm³/mol. The van der Waals surface area contributed by atoms with E-state index in [4.69, 9.17) is 55.9 Å². The fourth-order valence-electron chi connectivity index (χ4n) is 0. The Morgan fingerprint density at radius 3 is 0.438 bits per heavy atom. The molecule has 0 aliphatic heterocycles. The van der Waals surface area contributed by atoms with Crippen LogP contribution in [0.25, 0.3) is 0 Å². The summed E-state index contributed by atoms with van der Waals surface area (Å²) in [6.07, 6.45) is 0. The molecule has 0 bridgehead atoms. The van der Waals surface area contributed by atoms with Gasteiger partial charge in [-0.1, -0.05) is 0 Å². The SMILES string of the molecule is [Er].[O-][Cl+3]([O-])([O-])O.[O-][Cl+3]([O-])([O-])O.[O-][Cl+3]([O-])([O-])O. The van der Waals surface area contributed by atoms with Gasteiger partial charge in [-0.25, -0.2) is 0 Å². The van der Waals surface area contributed by atoms with E-state index in [1.54, 1.807) is 0 Å². The average Bonchev–Trinajstić information content (AvgIpc) is 1.41. The van der Waals surface area contributed by atoms with E-state index in [2.05, 4.69) is 0 Å². The Hall–Kier alpha value is 1.64. The molecule has 12 nitrogen and oxygen atoms in total. The molecule has 0 rings (SSSR count). The molecule has 0 fully saturated rings. The summed E-state index contributed by atoms with van der Waals surface area (Å²) in [6.45, 7) is 0. The Labute approximate surface area is 123 Å². The summed E-state index contributed by atoms with van der Waals surface area (Å²) in [5.41, 5.74) is 0. The van der Waals surface area contributed by atoms with Crippen molar-refractivity contribution in [3.63, 3.8) is 0 Å². The van der Waals surface area contributed by atoms with E-state index < -0.39 is 30.7 Å². The third-order valence-electron chi connectivity index (χ3n) is 0. The summed E-state index contributed by atoms with van der Waals surface area (Å²) < 4.78 is 98.2. The second-order valence-electron chi connectivity index (χ2n) is 1.19. The smallest absolute Gasteiger partial charge is 0.0777 e. The topological polar surface area (TPSA) is 268 Å². The minimum absolute atomic E-state index is 0. The second kappa shape index (κ2) is 10.5. The molecular formula is H3Cl3ErO12. The van der Waals surface area contributed by atoms with Gasteiger partial charge in [0.1, 0.15) is 0 Å². The van der Waals surface area contributed by atoms with Crippen molar-refractivity contribution in [2.24, 2.45) is 0 Å². The Balaban J connectivity index is -0.0000000655. The minimum atomic E-state index is -4.69. The first kappa shape index (κ1) is 26.3. The third-order valence-corrected chi connectivity index (χ3v) is 0. The van der Waals surface area contributed by atoms with E-state index in [0.29, 0.717) is 0 Å². The maximum Gasteiger partial charge on any atom is 0.0777 e. The van der Waals surface area contributed by atoms with Crippen molar-refractivity contribution in [3.8, 4) is 0 Å². The molecule has 0 spiro atoms. The van der Waals surface area contributed by atoms with Crippen molar-refractivity contribution in [3.05, 3.63) is 0 Å². The van der Waals surface area contributed by atoms with E-state index in [0.717, 1.165) is 0 Å². The molecule has 0 aliphatic rings. The number of hydrogen-bond donors (Lipinski definition) is 3. The number of rotatable bonds is 0. The summed E-state index contributed by atoms with van der Waals surface area (Å²) in [4.78, 5) is 0. The Kier molecular flexibility index (Phi) is 17.3. The molecule has 0 atom stereocenters. The standard InChI is InChI=1S/3ClHO4.Er/c3*2-1(3,4)5;/h3*(H,2,3,4,5);. The maximum atomic E-state index is 8.60. The van der Waals surface area contributed by atoms with E-state index in [9.17, 15) is 0 Å². The zero-order valence-corrected chi connectivity index (χ0v) is 10.6. The van der Waals surface area contributed by atoms with Crippen molar-refractivity contribution >= 4 is 0 Å². The van der Waals surface area contributed by atoms with Crippen LogP contribution in [0.15, 0.2) is 0 Å². The van der Waals surface area contributed by atoms with Gasteiger partial charge in [-0.05, 0) is 0 Å². The van der Waals surface area contributed by atoms with Gasteiger partial charge in [-0.15, -0.1) is 0 Å².